The first-order valence-corrected chi connectivity index (χ1v) is 6.65. The number of carbonyl (C=O) groups is 1. The molecule has 1 fully saturated rings. The SMILES string of the molecule is COC1(CNC(=O)c2cccc(F)c2Br)CCC1. The second-order valence-electron chi connectivity index (χ2n) is 4.52. The smallest absolute Gasteiger partial charge is 0.252 e. The fraction of sp³-hybridized carbons (Fsp3) is 0.462. The first kappa shape index (κ1) is 13.5. The molecular weight excluding hydrogens is 301 g/mol. The summed E-state index contributed by atoms with van der Waals surface area (Å²) in [7, 11) is 1.66. The maximum Gasteiger partial charge on any atom is 0.252 e. The van der Waals surface area contributed by atoms with E-state index >= 15 is 0 Å². The largest absolute Gasteiger partial charge is 0.376 e. The summed E-state index contributed by atoms with van der Waals surface area (Å²) in [4.78, 5) is 12.0. The third-order valence-corrected chi connectivity index (χ3v) is 4.27. The molecule has 0 radical (unpaired) electrons. The number of benzene rings is 1. The molecule has 1 aliphatic rings. The van der Waals surface area contributed by atoms with Gasteiger partial charge in [-0.2, -0.15) is 0 Å². The van der Waals surface area contributed by atoms with Crippen molar-refractivity contribution in [1.82, 2.24) is 5.32 Å². The van der Waals surface area contributed by atoms with Gasteiger partial charge in [0.1, 0.15) is 5.82 Å². The molecule has 18 heavy (non-hydrogen) atoms. The van der Waals surface area contributed by atoms with Crippen LogP contribution in [0.4, 0.5) is 4.39 Å². The van der Waals surface area contributed by atoms with Gasteiger partial charge in [0.15, 0.2) is 0 Å². The van der Waals surface area contributed by atoms with Gasteiger partial charge in [0.25, 0.3) is 5.91 Å². The molecule has 2 rings (SSSR count). The Morgan fingerprint density at radius 1 is 1.56 bits per heavy atom. The van der Waals surface area contributed by atoms with Crippen LogP contribution in [-0.2, 0) is 4.74 Å². The van der Waals surface area contributed by atoms with Gasteiger partial charge < -0.3 is 10.1 Å². The van der Waals surface area contributed by atoms with Gasteiger partial charge in [-0.25, -0.2) is 4.39 Å². The number of rotatable bonds is 4. The van der Waals surface area contributed by atoms with Crippen molar-refractivity contribution in [3.05, 3.63) is 34.1 Å². The van der Waals surface area contributed by atoms with Crippen LogP contribution in [-0.4, -0.2) is 25.2 Å². The molecule has 0 spiro atoms. The van der Waals surface area contributed by atoms with Gasteiger partial charge in [0.2, 0.25) is 0 Å². The molecule has 0 aromatic heterocycles. The summed E-state index contributed by atoms with van der Waals surface area (Å²) in [5.74, 6) is -0.725. The lowest BCUT2D eigenvalue weighted by molar-refractivity contribution is -0.0679. The van der Waals surface area contributed by atoms with Crippen molar-refractivity contribution in [3.8, 4) is 0 Å². The number of nitrogens with one attached hydrogen (secondary N) is 1. The van der Waals surface area contributed by atoms with Crippen LogP contribution in [0.2, 0.25) is 0 Å². The number of amides is 1. The van der Waals surface area contributed by atoms with E-state index in [0.29, 0.717) is 12.1 Å². The van der Waals surface area contributed by atoms with E-state index in [1.165, 1.54) is 12.1 Å². The summed E-state index contributed by atoms with van der Waals surface area (Å²) in [5, 5.41) is 2.80. The van der Waals surface area contributed by atoms with Gasteiger partial charge in [-0.3, -0.25) is 4.79 Å². The summed E-state index contributed by atoms with van der Waals surface area (Å²) in [6.07, 6.45) is 3.02. The van der Waals surface area contributed by atoms with Crippen molar-refractivity contribution in [2.45, 2.75) is 24.9 Å². The molecule has 1 amide bonds. The summed E-state index contributed by atoms with van der Waals surface area (Å²) in [5.41, 5.74) is 0.0794. The van der Waals surface area contributed by atoms with Gasteiger partial charge in [-0.15, -0.1) is 0 Å². The highest BCUT2D eigenvalue weighted by Gasteiger charge is 2.37. The monoisotopic (exact) mass is 315 g/mol. The van der Waals surface area contributed by atoms with Crippen LogP contribution in [0.5, 0.6) is 0 Å². The Morgan fingerprint density at radius 2 is 2.28 bits per heavy atom. The van der Waals surface area contributed by atoms with E-state index in [1.54, 1.807) is 13.2 Å². The highest BCUT2D eigenvalue weighted by molar-refractivity contribution is 9.10. The predicted molar refractivity (Wildman–Crippen MR) is 70.0 cm³/mol. The molecule has 0 unspecified atom stereocenters. The minimum atomic E-state index is -0.437. The second kappa shape index (κ2) is 5.36. The Hall–Kier alpha value is -0.940. The van der Waals surface area contributed by atoms with E-state index in [0.717, 1.165) is 19.3 Å². The number of hydrogen-bond donors (Lipinski definition) is 1. The molecule has 0 atom stereocenters. The minimum absolute atomic E-state index is 0.197. The van der Waals surface area contributed by atoms with Crippen LogP contribution in [0.3, 0.4) is 0 Å². The Balaban J connectivity index is 2.02. The van der Waals surface area contributed by atoms with Crippen LogP contribution in [0, 0.1) is 5.82 Å². The average Bonchev–Trinajstić information content (AvgIpc) is 2.31. The molecule has 0 heterocycles. The molecule has 1 N–H and O–H groups in total. The lowest BCUT2D eigenvalue weighted by Crippen LogP contribution is -2.49. The maximum atomic E-state index is 13.3. The quantitative estimate of drug-likeness (QED) is 0.927. The number of ether oxygens (including phenoxy) is 1. The Kier molecular flexibility index (Phi) is 4.02. The number of halogens is 2. The van der Waals surface area contributed by atoms with Crippen LogP contribution in [0.1, 0.15) is 29.6 Å². The van der Waals surface area contributed by atoms with E-state index in [9.17, 15) is 9.18 Å². The van der Waals surface area contributed by atoms with Gasteiger partial charge in [-0.05, 0) is 47.3 Å². The molecular formula is C13H15BrFNO2. The summed E-state index contributed by atoms with van der Waals surface area (Å²) < 4.78 is 18.9. The average molecular weight is 316 g/mol. The molecule has 0 bridgehead atoms. The molecule has 3 nitrogen and oxygen atoms in total. The van der Waals surface area contributed by atoms with Gasteiger partial charge >= 0.3 is 0 Å². The summed E-state index contributed by atoms with van der Waals surface area (Å²) in [6.45, 7) is 0.464. The van der Waals surface area contributed by atoms with Crippen molar-refractivity contribution in [2.75, 3.05) is 13.7 Å². The van der Waals surface area contributed by atoms with Crippen LogP contribution < -0.4 is 5.32 Å². The third-order valence-electron chi connectivity index (χ3n) is 3.47. The Labute approximate surface area is 114 Å². The van der Waals surface area contributed by atoms with Gasteiger partial charge in [0.05, 0.1) is 15.6 Å². The van der Waals surface area contributed by atoms with Crippen molar-refractivity contribution in [1.29, 1.82) is 0 Å². The van der Waals surface area contributed by atoms with Crippen molar-refractivity contribution < 1.29 is 13.9 Å². The standard InChI is InChI=1S/C13H15BrFNO2/c1-18-13(6-3-7-13)8-16-12(17)9-4-2-5-10(15)11(9)14/h2,4-5H,3,6-8H2,1H3,(H,16,17). The first-order chi connectivity index (χ1) is 8.58. The lowest BCUT2D eigenvalue weighted by atomic mass is 9.80. The zero-order valence-electron chi connectivity index (χ0n) is 10.1. The van der Waals surface area contributed by atoms with E-state index in [2.05, 4.69) is 21.2 Å². The zero-order valence-corrected chi connectivity index (χ0v) is 11.7. The summed E-state index contributed by atoms with van der Waals surface area (Å²) >= 11 is 3.08. The second-order valence-corrected chi connectivity index (χ2v) is 5.32. The topological polar surface area (TPSA) is 38.3 Å². The van der Waals surface area contributed by atoms with Gasteiger partial charge in [-0.1, -0.05) is 6.07 Å². The molecule has 98 valence electrons. The first-order valence-electron chi connectivity index (χ1n) is 5.85. The van der Waals surface area contributed by atoms with Crippen LogP contribution in [0.15, 0.2) is 22.7 Å². The molecule has 1 aromatic carbocycles. The molecule has 1 aromatic rings. The minimum Gasteiger partial charge on any atom is -0.376 e. The maximum absolute atomic E-state index is 13.3. The van der Waals surface area contributed by atoms with Crippen LogP contribution >= 0.6 is 15.9 Å². The van der Waals surface area contributed by atoms with E-state index in [1.807, 2.05) is 0 Å². The van der Waals surface area contributed by atoms with E-state index in [4.69, 9.17) is 4.74 Å². The normalized spacial score (nSPS) is 17.1. The fourth-order valence-corrected chi connectivity index (χ4v) is 2.48. The predicted octanol–water partition coefficient (Wildman–Crippen LogP) is 2.89. The number of hydrogen-bond acceptors (Lipinski definition) is 2. The highest BCUT2D eigenvalue weighted by Crippen LogP contribution is 2.34. The molecule has 5 heteroatoms. The zero-order chi connectivity index (χ0) is 13.2. The summed E-state index contributed by atoms with van der Waals surface area (Å²) in [6, 6.07) is 4.41. The third kappa shape index (κ3) is 2.57. The number of carbonyl (C=O) groups excluding carboxylic acids is 1. The Bertz CT molecular complexity index is 455. The molecule has 1 saturated carbocycles. The highest BCUT2D eigenvalue weighted by atomic mass is 79.9. The molecule has 0 aliphatic heterocycles. The van der Waals surface area contributed by atoms with E-state index < -0.39 is 5.82 Å². The lowest BCUT2D eigenvalue weighted by Gasteiger charge is -2.40. The fourth-order valence-electron chi connectivity index (χ4n) is 2.04. The molecule has 1 aliphatic carbocycles. The van der Waals surface area contributed by atoms with Crippen LogP contribution in [0.25, 0.3) is 0 Å². The van der Waals surface area contributed by atoms with E-state index in [-0.39, 0.29) is 16.0 Å². The van der Waals surface area contributed by atoms with Crippen molar-refractivity contribution in [3.63, 3.8) is 0 Å². The van der Waals surface area contributed by atoms with Crippen molar-refractivity contribution >= 4 is 21.8 Å². The molecule has 0 saturated heterocycles. The van der Waals surface area contributed by atoms with Gasteiger partial charge in [0, 0.05) is 13.7 Å². The number of methoxy groups -OCH3 is 1. The van der Waals surface area contributed by atoms with Crippen molar-refractivity contribution in [2.24, 2.45) is 0 Å². The Morgan fingerprint density at radius 3 is 2.83 bits per heavy atom.